The lowest BCUT2D eigenvalue weighted by Gasteiger charge is -2.32. The van der Waals surface area contributed by atoms with Crippen molar-refractivity contribution >= 4 is 33.4 Å². The van der Waals surface area contributed by atoms with E-state index in [1.54, 1.807) is 36.1 Å². The second-order valence-corrected chi connectivity index (χ2v) is 12.0. The molecule has 0 bridgehead atoms. The summed E-state index contributed by atoms with van der Waals surface area (Å²) in [5.74, 6) is -0.407. The lowest BCUT2D eigenvalue weighted by Crippen LogP contribution is -2.50. The Morgan fingerprint density at radius 1 is 0.905 bits per heavy atom. The topological polar surface area (TPSA) is 105 Å². The van der Waals surface area contributed by atoms with Crippen molar-refractivity contribution in [3.8, 4) is 0 Å². The fraction of sp³-hybridized carbons (Fsp3) is 0.375. The second-order valence-electron chi connectivity index (χ2n) is 9.84. The molecular formula is C32H40ClN3O5S. The van der Waals surface area contributed by atoms with Gasteiger partial charge in [0.25, 0.3) is 0 Å². The van der Waals surface area contributed by atoms with Gasteiger partial charge in [-0.15, -0.1) is 0 Å². The monoisotopic (exact) mass is 613 g/mol. The van der Waals surface area contributed by atoms with Crippen molar-refractivity contribution in [2.24, 2.45) is 0 Å². The number of ether oxygens (including phenoxy) is 1. The predicted octanol–water partition coefficient (Wildman–Crippen LogP) is 4.75. The third-order valence-electron chi connectivity index (χ3n) is 6.70. The molecule has 0 fully saturated rings. The molecule has 0 aliphatic rings. The molecule has 0 heterocycles. The minimum atomic E-state index is -3.56. The molecule has 0 aromatic heterocycles. The Labute approximate surface area is 254 Å². The highest BCUT2D eigenvalue weighted by atomic mass is 35.5. The first kappa shape index (κ1) is 33.3. The normalized spacial score (nSPS) is 12.1. The van der Waals surface area contributed by atoms with Gasteiger partial charge in [-0.3, -0.25) is 9.59 Å². The van der Waals surface area contributed by atoms with Crippen LogP contribution in [-0.2, 0) is 43.7 Å². The summed E-state index contributed by atoms with van der Waals surface area (Å²) >= 11 is 6.10. The summed E-state index contributed by atoms with van der Waals surface area (Å²) in [5, 5.41) is 3.59. The van der Waals surface area contributed by atoms with Crippen molar-refractivity contribution in [1.82, 2.24) is 14.9 Å². The Morgan fingerprint density at radius 2 is 1.57 bits per heavy atom. The van der Waals surface area contributed by atoms with Crippen LogP contribution in [0.25, 0.3) is 0 Å². The highest BCUT2D eigenvalue weighted by molar-refractivity contribution is 7.89. The molecule has 0 aliphatic heterocycles. The van der Waals surface area contributed by atoms with Crippen LogP contribution in [0.1, 0.15) is 43.4 Å². The summed E-state index contributed by atoms with van der Waals surface area (Å²) in [6.07, 6.45) is 1.57. The average molecular weight is 614 g/mol. The minimum absolute atomic E-state index is 0.149. The number of rotatable bonds is 17. The van der Waals surface area contributed by atoms with E-state index < -0.39 is 16.1 Å². The number of aryl methyl sites for hydroxylation is 1. The van der Waals surface area contributed by atoms with Crippen LogP contribution in [0.3, 0.4) is 0 Å². The van der Waals surface area contributed by atoms with E-state index in [4.69, 9.17) is 16.3 Å². The first-order valence-electron chi connectivity index (χ1n) is 14.3. The molecule has 0 spiro atoms. The Kier molecular flexibility index (Phi) is 13.5. The van der Waals surface area contributed by atoms with Gasteiger partial charge < -0.3 is 15.0 Å². The number of amides is 2. The maximum Gasteiger partial charge on any atom is 0.243 e. The van der Waals surface area contributed by atoms with Crippen LogP contribution in [0, 0.1) is 0 Å². The first-order valence-corrected chi connectivity index (χ1v) is 16.1. The molecule has 0 aliphatic carbocycles. The van der Waals surface area contributed by atoms with Crippen molar-refractivity contribution in [1.29, 1.82) is 0 Å². The highest BCUT2D eigenvalue weighted by Gasteiger charge is 2.30. The van der Waals surface area contributed by atoms with Crippen LogP contribution >= 0.6 is 11.6 Å². The molecule has 3 aromatic rings. The van der Waals surface area contributed by atoms with Crippen molar-refractivity contribution in [3.63, 3.8) is 0 Å². The average Bonchev–Trinajstić information content (AvgIpc) is 2.99. The Bertz CT molecular complexity index is 1370. The summed E-state index contributed by atoms with van der Waals surface area (Å²) in [7, 11) is -3.56. The fourth-order valence-electron chi connectivity index (χ4n) is 4.49. The van der Waals surface area contributed by atoms with Gasteiger partial charge in [-0.2, -0.15) is 0 Å². The fourth-order valence-corrected chi connectivity index (χ4v) is 5.66. The smallest absolute Gasteiger partial charge is 0.243 e. The predicted molar refractivity (Wildman–Crippen MR) is 166 cm³/mol. The zero-order valence-corrected chi connectivity index (χ0v) is 25.8. The molecule has 0 saturated carbocycles. The number of carbonyl (C=O) groups is 2. The quantitative estimate of drug-likeness (QED) is 0.214. The molecule has 10 heteroatoms. The van der Waals surface area contributed by atoms with Gasteiger partial charge in [0, 0.05) is 50.7 Å². The summed E-state index contributed by atoms with van der Waals surface area (Å²) in [6.45, 7) is 5.78. The van der Waals surface area contributed by atoms with E-state index in [-0.39, 0.29) is 29.7 Å². The lowest BCUT2D eigenvalue weighted by atomic mass is 10.0. The summed E-state index contributed by atoms with van der Waals surface area (Å²) < 4.78 is 32.4. The van der Waals surface area contributed by atoms with Gasteiger partial charge in [-0.25, -0.2) is 13.1 Å². The number of sulfonamides is 1. The number of benzene rings is 3. The molecule has 2 amide bonds. The van der Waals surface area contributed by atoms with Gasteiger partial charge in [0.05, 0.1) is 4.90 Å². The van der Waals surface area contributed by atoms with E-state index in [2.05, 4.69) is 10.0 Å². The van der Waals surface area contributed by atoms with Crippen molar-refractivity contribution in [2.45, 2.75) is 57.0 Å². The molecule has 0 unspecified atom stereocenters. The Balaban J connectivity index is 1.83. The molecule has 3 aromatic carbocycles. The number of carbonyl (C=O) groups excluding carboxylic acids is 2. The van der Waals surface area contributed by atoms with Gasteiger partial charge in [0.1, 0.15) is 6.04 Å². The van der Waals surface area contributed by atoms with Crippen LogP contribution in [0.15, 0.2) is 83.8 Å². The Hall–Kier alpha value is -3.24. The van der Waals surface area contributed by atoms with Crippen molar-refractivity contribution < 1.29 is 22.7 Å². The molecule has 0 saturated heterocycles. The Morgan fingerprint density at radius 3 is 2.21 bits per heavy atom. The van der Waals surface area contributed by atoms with Crippen molar-refractivity contribution in [3.05, 3.63) is 101 Å². The van der Waals surface area contributed by atoms with Crippen LogP contribution in [0.4, 0.5) is 0 Å². The van der Waals surface area contributed by atoms with Crippen LogP contribution in [0.5, 0.6) is 0 Å². The van der Waals surface area contributed by atoms with Gasteiger partial charge >= 0.3 is 0 Å². The molecular weight excluding hydrogens is 574 g/mol. The maximum absolute atomic E-state index is 13.8. The summed E-state index contributed by atoms with van der Waals surface area (Å²) in [6, 6.07) is 22.6. The molecule has 42 heavy (non-hydrogen) atoms. The first-order chi connectivity index (χ1) is 20.2. The zero-order chi connectivity index (χ0) is 30.4. The molecule has 1 atom stereocenters. The summed E-state index contributed by atoms with van der Waals surface area (Å²) in [5.41, 5.74) is 2.62. The van der Waals surface area contributed by atoms with E-state index in [0.29, 0.717) is 50.6 Å². The third kappa shape index (κ3) is 10.5. The standard InChI is InChI=1S/C32H40ClN3O5S/c1-3-35-42(39,40)29-18-13-25(14-19-29)15-20-31(37)36(24-27-11-16-28(33)17-12-27)30(23-26-9-6-5-7-10-26)32(38)34-21-8-22-41-4-2/h5-7,9-14,16-19,30,35H,3-4,8,15,20-24H2,1-2H3,(H,34,38)/t30-/m1/s1. The third-order valence-corrected chi connectivity index (χ3v) is 8.52. The summed E-state index contributed by atoms with van der Waals surface area (Å²) in [4.78, 5) is 29.3. The van der Waals surface area contributed by atoms with Crippen LogP contribution in [0.2, 0.25) is 5.02 Å². The van der Waals surface area contributed by atoms with E-state index in [9.17, 15) is 18.0 Å². The molecule has 0 radical (unpaired) electrons. The number of nitrogens with zero attached hydrogens (tertiary/aromatic N) is 1. The van der Waals surface area contributed by atoms with Gasteiger partial charge in [0.2, 0.25) is 21.8 Å². The van der Waals surface area contributed by atoms with Crippen molar-refractivity contribution in [2.75, 3.05) is 26.3 Å². The van der Waals surface area contributed by atoms with Crippen LogP contribution in [-0.4, -0.2) is 57.5 Å². The zero-order valence-electron chi connectivity index (χ0n) is 24.2. The second kappa shape index (κ2) is 17.0. The van der Waals surface area contributed by atoms with E-state index in [1.165, 1.54) is 12.1 Å². The van der Waals surface area contributed by atoms with Gasteiger partial charge in [-0.05, 0) is 60.7 Å². The molecule has 2 N–H and O–H groups in total. The molecule has 3 rings (SSSR count). The van der Waals surface area contributed by atoms with E-state index in [0.717, 1.165) is 16.7 Å². The van der Waals surface area contributed by atoms with Crippen LogP contribution < -0.4 is 10.0 Å². The molecule has 8 nitrogen and oxygen atoms in total. The number of nitrogens with one attached hydrogen (secondary N) is 2. The number of halogens is 1. The van der Waals surface area contributed by atoms with E-state index in [1.807, 2.05) is 49.4 Å². The van der Waals surface area contributed by atoms with E-state index >= 15 is 0 Å². The highest BCUT2D eigenvalue weighted by Crippen LogP contribution is 2.19. The van der Waals surface area contributed by atoms with Gasteiger partial charge in [0.15, 0.2) is 0 Å². The molecule has 226 valence electrons. The lowest BCUT2D eigenvalue weighted by molar-refractivity contribution is -0.141. The minimum Gasteiger partial charge on any atom is -0.382 e. The number of hydrogen-bond acceptors (Lipinski definition) is 5. The largest absolute Gasteiger partial charge is 0.382 e. The SMILES string of the molecule is CCNS(=O)(=O)c1ccc(CCC(=O)N(Cc2ccc(Cl)cc2)[C@H](Cc2ccccc2)C(=O)NCCCOCC)cc1. The maximum atomic E-state index is 13.8. The number of hydrogen-bond donors (Lipinski definition) is 2. The van der Waals surface area contributed by atoms with Gasteiger partial charge in [-0.1, -0.05) is 73.1 Å².